The van der Waals surface area contributed by atoms with Crippen LogP contribution >= 0.6 is 35.3 Å². The Labute approximate surface area is 195 Å². The van der Waals surface area contributed by atoms with Gasteiger partial charge in [0.05, 0.1) is 23.0 Å². The number of hydrogen-bond donors (Lipinski definition) is 2. The molecule has 0 amide bonds. The Hall–Kier alpha value is -1.13. The van der Waals surface area contributed by atoms with Gasteiger partial charge in [-0.1, -0.05) is 13.3 Å². The molecule has 8 heteroatoms. The molecule has 0 aromatic carbocycles. The van der Waals surface area contributed by atoms with E-state index in [0.717, 1.165) is 50.7 Å². The number of furan rings is 1. The molecule has 2 aromatic heterocycles. The molecule has 2 aromatic rings. The largest absolute Gasteiger partial charge is 0.468 e. The van der Waals surface area contributed by atoms with Gasteiger partial charge >= 0.3 is 0 Å². The van der Waals surface area contributed by atoms with Gasteiger partial charge < -0.3 is 15.1 Å². The molecule has 1 unspecified atom stereocenters. The lowest BCUT2D eigenvalue weighted by atomic mass is 10.1. The second-order valence-electron chi connectivity index (χ2n) is 7.22. The molecule has 3 rings (SSSR count). The summed E-state index contributed by atoms with van der Waals surface area (Å²) in [7, 11) is 1.82. The van der Waals surface area contributed by atoms with Crippen molar-refractivity contribution in [2.24, 2.45) is 4.99 Å². The summed E-state index contributed by atoms with van der Waals surface area (Å²) >= 11 is 1.80. The van der Waals surface area contributed by atoms with Gasteiger partial charge in [-0.05, 0) is 51.4 Å². The highest BCUT2D eigenvalue weighted by atomic mass is 127. The molecule has 0 radical (unpaired) electrons. The molecule has 0 spiro atoms. The second kappa shape index (κ2) is 12.5. The van der Waals surface area contributed by atoms with E-state index in [-0.39, 0.29) is 30.0 Å². The Kier molecular flexibility index (Phi) is 10.4. The molecular formula is C21H34IN5OS. The van der Waals surface area contributed by atoms with E-state index in [2.05, 4.69) is 40.4 Å². The smallest absolute Gasteiger partial charge is 0.191 e. The topological polar surface area (TPSA) is 65.7 Å². The van der Waals surface area contributed by atoms with Crippen LogP contribution in [0.5, 0.6) is 0 Å². The molecule has 0 aliphatic carbocycles. The van der Waals surface area contributed by atoms with Crippen molar-refractivity contribution in [1.29, 1.82) is 0 Å². The standard InChI is InChI=1S/C21H33N5OS.HI/c1-4-17-16(2)28-20(25-17)10-11-23-21(22-3)24-15-18(19-9-8-14-27-19)26-12-6-5-7-13-26;/h8-9,14,18H,4-7,10-13,15H2,1-3H3,(H2,22,23,24);1H. The van der Waals surface area contributed by atoms with E-state index in [0.29, 0.717) is 0 Å². The minimum Gasteiger partial charge on any atom is -0.468 e. The van der Waals surface area contributed by atoms with E-state index in [1.807, 2.05) is 13.1 Å². The minimum absolute atomic E-state index is 0. The van der Waals surface area contributed by atoms with E-state index in [1.165, 1.54) is 34.8 Å². The van der Waals surface area contributed by atoms with Gasteiger partial charge in [0.2, 0.25) is 0 Å². The maximum absolute atomic E-state index is 5.73. The van der Waals surface area contributed by atoms with Crippen LogP contribution in [0, 0.1) is 6.92 Å². The molecule has 1 saturated heterocycles. The first-order valence-electron chi connectivity index (χ1n) is 10.4. The van der Waals surface area contributed by atoms with Crippen molar-refractivity contribution < 1.29 is 4.42 Å². The number of likely N-dealkylation sites (tertiary alicyclic amines) is 1. The van der Waals surface area contributed by atoms with Crippen molar-refractivity contribution in [2.75, 3.05) is 33.2 Å². The third-order valence-electron chi connectivity index (χ3n) is 5.29. The molecule has 6 nitrogen and oxygen atoms in total. The second-order valence-corrected chi connectivity index (χ2v) is 8.51. The average molecular weight is 532 g/mol. The molecule has 3 heterocycles. The third kappa shape index (κ3) is 6.96. The van der Waals surface area contributed by atoms with Gasteiger partial charge in [-0.3, -0.25) is 9.89 Å². The number of piperidine rings is 1. The molecule has 1 atom stereocenters. The predicted molar refractivity (Wildman–Crippen MR) is 132 cm³/mol. The molecule has 0 saturated carbocycles. The first kappa shape index (κ1) is 24.1. The van der Waals surface area contributed by atoms with Crippen molar-refractivity contribution in [1.82, 2.24) is 20.5 Å². The highest BCUT2D eigenvalue weighted by Gasteiger charge is 2.24. The molecular weight excluding hydrogens is 497 g/mol. The number of thiazole rings is 1. The van der Waals surface area contributed by atoms with Crippen LogP contribution in [-0.2, 0) is 12.8 Å². The summed E-state index contributed by atoms with van der Waals surface area (Å²) in [4.78, 5) is 13.0. The summed E-state index contributed by atoms with van der Waals surface area (Å²) in [5.41, 5.74) is 1.23. The van der Waals surface area contributed by atoms with Crippen LogP contribution in [0.3, 0.4) is 0 Å². The molecule has 29 heavy (non-hydrogen) atoms. The van der Waals surface area contributed by atoms with Crippen molar-refractivity contribution >= 4 is 41.3 Å². The number of rotatable bonds is 8. The number of hydrogen-bond acceptors (Lipinski definition) is 5. The van der Waals surface area contributed by atoms with Gasteiger partial charge in [-0.15, -0.1) is 35.3 Å². The third-order valence-corrected chi connectivity index (χ3v) is 6.37. The van der Waals surface area contributed by atoms with Crippen LogP contribution in [0.1, 0.15) is 53.6 Å². The Morgan fingerprint density at radius 3 is 2.72 bits per heavy atom. The minimum atomic E-state index is 0. The van der Waals surface area contributed by atoms with Gasteiger partial charge in [0.15, 0.2) is 5.96 Å². The van der Waals surface area contributed by atoms with Gasteiger partial charge in [-0.25, -0.2) is 4.98 Å². The summed E-state index contributed by atoms with van der Waals surface area (Å²) in [5.74, 6) is 1.85. The molecule has 1 fully saturated rings. The Balaban J connectivity index is 0.00000300. The first-order chi connectivity index (χ1) is 13.7. The van der Waals surface area contributed by atoms with E-state index in [4.69, 9.17) is 9.40 Å². The maximum Gasteiger partial charge on any atom is 0.191 e. The SMILES string of the molecule is CCc1nc(CCNC(=NC)NCC(c2ccco2)N2CCCCC2)sc1C.I. The van der Waals surface area contributed by atoms with E-state index >= 15 is 0 Å². The summed E-state index contributed by atoms with van der Waals surface area (Å²) in [6.45, 7) is 8.18. The quantitative estimate of drug-likeness (QED) is 0.304. The van der Waals surface area contributed by atoms with Crippen LogP contribution in [-0.4, -0.2) is 49.1 Å². The fourth-order valence-electron chi connectivity index (χ4n) is 3.74. The zero-order chi connectivity index (χ0) is 19.8. The lowest BCUT2D eigenvalue weighted by molar-refractivity contribution is 0.146. The van der Waals surface area contributed by atoms with Crippen molar-refractivity contribution in [3.8, 4) is 0 Å². The maximum atomic E-state index is 5.73. The molecule has 1 aliphatic rings. The van der Waals surface area contributed by atoms with Gasteiger partial charge in [0.25, 0.3) is 0 Å². The zero-order valence-electron chi connectivity index (χ0n) is 17.7. The van der Waals surface area contributed by atoms with Crippen LogP contribution < -0.4 is 10.6 Å². The summed E-state index contributed by atoms with van der Waals surface area (Å²) in [5, 5.41) is 8.11. The predicted octanol–water partition coefficient (Wildman–Crippen LogP) is 4.16. The van der Waals surface area contributed by atoms with E-state index < -0.39 is 0 Å². The summed E-state index contributed by atoms with van der Waals surface area (Å²) in [6.07, 6.45) is 7.53. The van der Waals surface area contributed by atoms with Crippen LogP contribution in [0.2, 0.25) is 0 Å². The van der Waals surface area contributed by atoms with Crippen LogP contribution in [0.25, 0.3) is 0 Å². The number of nitrogens with zero attached hydrogens (tertiary/aromatic N) is 3. The van der Waals surface area contributed by atoms with Crippen molar-refractivity contribution in [3.05, 3.63) is 39.7 Å². The number of aliphatic imine (C=N–C) groups is 1. The highest BCUT2D eigenvalue weighted by Crippen LogP contribution is 2.24. The monoisotopic (exact) mass is 531 g/mol. The molecule has 1 aliphatic heterocycles. The number of aromatic nitrogens is 1. The highest BCUT2D eigenvalue weighted by molar-refractivity contribution is 14.0. The molecule has 162 valence electrons. The average Bonchev–Trinajstić information content (AvgIpc) is 3.37. The van der Waals surface area contributed by atoms with E-state index in [9.17, 15) is 0 Å². The fraction of sp³-hybridized carbons (Fsp3) is 0.619. The van der Waals surface area contributed by atoms with E-state index in [1.54, 1.807) is 17.6 Å². The summed E-state index contributed by atoms with van der Waals surface area (Å²) < 4.78 is 5.73. The van der Waals surface area contributed by atoms with Gasteiger partial charge in [-0.2, -0.15) is 0 Å². The van der Waals surface area contributed by atoms with Crippen LogP contribution in [0.4, 0.5) is 0 Å². The zero-order valence-corrected chi connectivity index (χ0v) is 20.9. The first-order valence-corrected chi connectivity index (χ1v) is 11.2. The van der Waals surface area contributed by atoms with Crippen molar-refractivity contribution in [2.45, 2.75) is 52.0 Å². The van der Waals surface area contributed by atoms with Crippen LogP contribution in [0.15, 0.2) is 27.8 Å². The Bertz CT molecular complexity index is 740. The molecule has 2 N–H and O–H groups in total. The molecule has 0 bridgehead atoms. The fourth-order valence-corrected chi connectivity index (χ4v) is 4.77. The van der Waals surface area contributed by atoms with Gasteiger partial charge in [0, 0.05) is 31.4 Å². The van der Waals surface area contributed by atoms with Gasteiger partial charge in [0.1, 0.15) is 5.76 Å². The number of halogens is 1. The number of aryl methyl sites for hydroxylation is 2. The number of guanidine groups is 1. The Morgan fingerprint density at radius 2 is 2.10 bits per heavy atom. The Morgan fingerprint density at radius 1 is 1.31 bits per heavy atom. The lowest BCUT2D eigenvalue weighted by Crippen LogP contribution is -2.44. The lowest BCUT2D eigenvalue weighted by Gasteiger charge is -2.33. The van der Waals surface area contributed by atoms with Crippen molar-refractivity contribution in [3.63, 3.8) is 0 Å². The number of nitrogens with one attached hydrogen (secondary N) is 2. The normalized spacial score (nSPS) is 16.3. The summed E-state index contributed by atoms with van der Waals surface area (Å²) in [6, 6.07) is 4.29.